The molecule has 1 aromatic rings. The monoisotopic (exact) mass is 296 g/mol. The Morgan fingerprint density at radius 2 is 1.95 bits per heavy atom. The maximum Gasteiger partial charge on any atom is 0.160 e. The second-order valence-electron chi connectivity index (χ2n) is 4.77. The van der Waals surface area contributed by atoms with E-state index in [9.17, 15) is 5.11 Å². The number of methoxy groups -OCH3 is 1. The Bertz CT molecular complexity index is 445. The first-order valence-electron chi connectivity index (χ1n) is 6.95. The van der Waals surface area contributed by atoms with E-state index in [2.05, 4.69) is 18.7 Å². The van der Waals surface area contributed by atoms with Gasteiger partial charge in [0.1, 0.15) is 0 Å². The molecule has 0 spiro atoms. The molecule has 0 radical (unpaired) electrons. The SMILES string of the molecule is CCCN(CCC)C(C(N)=S)c1ccc(O)c(OC)c1. The molecular weight excluding hydrogens is 272 g/mol. The maximum atomic E-state index is 9.70. The molecule has 0 aromatic heterocycles. The average Bonchev–Trinajstić information content (AvgIpc) is 2.41. The molecule has 1 unspecified atom stereocenters. The van der Waals surface area contributed by atoms with E-state index in [1.165, 1.54) is 7.11 Å². The molecule has 0 heterocycles. The van der Waals surface area contributed by atoms with Gasteiger partial charge in [-0.25, -0.2) is 0 Å². The average molecular weight is 296 g/mol. The smallest absolute Gasteiger partial charge is 0.160 e. The van der Waals surface area contributed by atoms with Crippen LogP contribution in [0.15, 0.2) is 18.2 Å². The van der Waals surface area contributed by atoms with Gasteiger partial charge in [-0.3, -0.25) is 4.90 Å². The molecule has 0 fully saturated rings. The summed E-state index contributed by atoms with van der Waals surface area (Å²) in [5.41, 5.74) is 6.90. The predicted octanol–water partition coefficient (Wildman–Crippen LogP) is 2.85. The van der Waals surface area contributed by atoms with Gasteiger partial charge in [-0.2, -0.15) is 0 Å². The third-order valence-corrected chi connectivity index (χ3v) is 3.40. The maximum absolute atomic E-state index is 9.70. The largest absolute Gasteiger partial charge is 0.504 e. The number of nitrogens with two attached hydrogens (primary N) is 1. The summed E-state index contributed by atoms with van der Waals surface area (Å²) in [7, 11) is 1.53. The van der Waals surface area contributed by atoms with Crippen LogP contribution < -0.4 is 10.5 Å². The van der Waals surface area contributed by atoms with E-state index in [1.807, 2.05) is 6.07 Å². The van der Waals surface area contributed by atoms with Gasteiger partial charge in [0, 0.05) is 0 Å². The van der Waals surface area contributed by atoms with E-state index in [0.29, 0.717) is 10.7 Å². The molecule has 0 aliphatic carbocycles. The zero-order chi connectivity index (χ0) is 15.1. The first kappa shape index (κ1) is 16.7. The summed E-state index contributed by atoms with van der Waals surface area (Å²) in [5.74, 6) is 0.562. The molecule has 0 bridgehead atoms. The Balaban J connectivity index is 3.14. The van der Waals surface area contributed by atoms with E-state index >= 15 is 0 Å². The van der Waals surface area contributed by atoms with Crippen LogP contribution in [0, 0.1) is 0 Å². The van der Waals surface area contributed by atoms with Gasteiger partial charge in [0.2, 0.25) is 0 Å². The van der Waals surface area contributed by atoms with Crippen LogP contribution in [-0.4, -0.2) is 35.2 Å². The van der Waals surface area contributed by atoms with Crippen LogP contribution >= 0.6 is 12.2 Å². The van der Waals surface area contributed by atoms with Crippen LogP contribution in [0.5, 0.6) is 11.5 Å². The van der Waals surface area contributed by atoms with Gasteiger partial charge in [-0.05, 0) is 43.6 Å². The van der Waals surface area contributed by atoms with Crippen molar-refractivity contribution >= 4 is 17.2 Å². The predicted molar refractivity (Wildman–Crippen MR) is 86.3 cm³/mol. The molecule has 3 N–H and O–H groups in total. The van der Waals surface area contributed by atoms with E-state index in [0.717, 1.165) is 31.5 Å². The zero-order valence-corrected chi connectivity index (χ0v) is 13.2. The Morgan fingerprint density at radius 3 is 2.40 bits per heavy atom. The van der Waals surface area contributed by atoms with Gasteiger partial charge in [0.05, 0.1) is 18.1 Å². The minimum Gasteiger partial charge on any atom is -0.504 e. The topological polar surface area (TPSA) is 58.7 Å². The summed E-state index contributed by atoms with van der Waals surface area (Å²) in [6.07, 6.45) is 2.07. The second-order valence-corrected chi connectivity index (χ2v) is 5.24. The van der Waals surface area contributed by atoms with Crippen molar-refractivity contribution in [1.82, 2.24) is 4.90 Å². The van der Waals surface area contributed by atoms with Crippen molar-refractivity contribution in [2.45, 2.75) is 32.7 Å². The van der Waals surface area contributed by atoms with Crippen LogP contribution in [-0.2, 0) is 0 Å². The lowest BCUT2D eigenvalue weighted by Gasteiger charge is -2.31. The fraction of sp³-hybridized carbons (Fsp3) is 0.533. The van der Waals surface area contributed by atoms with Gasteiger partial charge in [0.15, 0.2) is 11.5 Å². The second kappa shape index (κ2) is 8.07. The van der Waals surface area contributed by atoms with Crippen molar-refractivity contribution in [3.05, 3.63) is 23.8 Å². The number of ether oxygens (including phenoxy) is 1. The molecule has 4 nitrogen and oxygen atoms in total. The fourth-order valence-corrected chi connectivity index (χ4v) is 2.65. The molecule has 0 saturated carbocycles. The van der Waals surface area contributed by atoms with Crippen molar-refractivity contribution in [3.63, 3.8) is 0 Å². The van der Waals surface area contributed by atoms with Crippen LogP contribution in [0.4, 0.5) is 0 Å². The lowest BCUT2D eigenvalue weighted by molar-refractivity contribution is 0.244. The first-order chi connectivity index (χ1) is 9.54. The van der Waals surface area contributed by atoms with Crippen molar-refractivity contribution in [1.29, 1.82) is 0 Å². The summed E-state index contributed by atoms with van der Waals surface area (Å²) < 4.78 is 5.16. The van der Waals surface area contributed by atoms with Crippen molar-refractivity contribution in [2.24, 2.45) is 5.73 Å². The van der Waals surface area contributed by atoms with E-state index < -0.39 is 0 Å². The minimum absolute atomic E-state index is 0.121. The molecule has 0 amide bonds. The third kappa shape index (κ3) is 4.08. The number of rotatable bonds is 8. The lowest BCUT2D eigenvalue weighted by atomic mass is 10.0. The molecule has 1 atom stereocenters. The number of hydrogen-bond donors (Lipinski definition) is 2. The number of phenols is 1. The molecular formula is C15H24N2O2S. The van der Waals surface area contributed by atoms with Gasteiger partial charge < -0.3 is 15.6 Å². The Labute approximate surface area is 126 Å². The quantitative estimate of drug-likeness (QED) is 0.722. The van der Waals surface area contributed by atoms with Crippen molar-refractivity contribution in [2.75, 3.05) is 20.2 Å². The summed E-state index contributed by atoms with van der Waals surface area (Å²) in [4.78, 5) is 2.72. The summed E-state index contributed by atoms with van der Waals surface area (Å²) in [5, 5.41) is 9.70. The Morgan fingerprint density at radius 1 is 1.35 bits per heavy atom. The van der Waals surface area contributed by atoms with Crippen LogP contribution in [0.25, 0.3) is 0 Å². The highest BCUT2D eigenvalue weighted by molar-refractivity contribution is 7.80. The van der Waals surface area contributed by atoms with Crippen LogP contribution in [0.2, 0.25) is 0 Å². The molecule has 1 aromatic carbocycles. The summed E-state index contributed by atoms with van der Waals surface area (Å²) in [6.45, 7) is 6.13. The first-order valence-corrected chi connectivity index (χ1v) is 7.36. The number of thiocarbonyl (C=S) groups is 1. The molecule has 1 rings (SSSR count). The third-order valence-electron chi connectivity index (χ3n) is 3.18. The fourth-order valence-electron chi connectivity index (χ4n) is 2.36. The number of nitrogens with zero attached hydrogens (tertiary/aromatic N) is 1. The Kier molecular flexibility index (Phi) is 6.75. The van der Waals surface area contributed by atoms with Gasteiger partial charge in [0.25, 0.3) is 0 Å². The molecule has 0 saturated heterocycles. The highest BCUT2D eigenvalue weighted by Gasteiger charge is 2.23. The van der Waals surface area contributed by atoms with Gasteiger partial charge >= 0.3 is 0 Å². The minimum atomic E-state index is -0.126. The van der Waals surface area contributed by atoms with E-state index in [-0.39, 0.29) is 11.8 Å². The molecule has 5 heteroatoms. The molecule has 0 aliphatic rings. The van der Waals surface area contributed by atoms with Crippen LogP contribution in [0.3, 0.4) is 0 Å². The van der Waals surface area contributed by atoms with Crippen molar-refractivity contribution < 1.29 is 9.84 Å². The molecule has 0 aliphatic heterocycles. The number of benzene rings is 1. The highest BCUT2D eigenvalue weighted by Crippen LogP contribution is 2.31. The van der Waals surface area contributed by atoms with Gasteiger partial charge in [-0.1, -0.05) is 32.1 Å². The standard InChI is InChI=1S/C15H24N2O2S/c1-4-8-17(9-5-2)14(15(16)20)11-6-7-12(18)13(10-11)19-3/h6-7,10,14,18H,4-5,8-9H2,1-3H3,(H2,16,20). The Hall–Kier alpha value is -1.33. The zero-order valence-electron chi connectivity index (χ0n) is 12.4. The van der Waals surface area contributed by atoms with E-state index in [1.54, 1.807) is 12.1 Å². The number of aromatic hydroxyl groups is 1. The number of hydrogen-bond acceptors (Lipinski definition) is 4. The van der Waals surface area contributed by atoms with Gasteiger partial charge in [-0.15, -0.1) is 0 Å². The highest BCUT2D eigenvalue weighted by atomic mass is 32.1. The normalized spacial score (nSPS) is 12.4. The summed E-state index contributed by atoms with van der Waals surface area (Å²) in [6, 6.07) is 5.15. The lowest BCUT2D eigenvalue weighted by Crippen LogP contribution is -2.38. The van der Waals surface area contributed by atoms with Crippen LogP contribution in [0.1, 0.15) is 38.3 Å². The number of phenolic OH excluding ortho intramolecular Hbond substituents is 1. The summed E-state index contributed by atoms with van der Waals surface area (Å²) >= 11 is 5.25. The molecule has 112 valence electrons. The molecule has 20 heavy (non-hydrogen) atoms. The van der Waals surface area contributed by atoms with E-state index in [4.69, 9.17) is 22.7 Å². The van der Waals surface area contributed by atoms with Crippen molar-refractivity contribution in [3.8, 4) is 11.5 Å².